The van der Waals surface area contributed by atoms with E-state index < -0.39 is 6.09 Å². The Bertz CT molecular complexity index is 735. The number of carboxylic acid groups (broad SMARTS) is 1. The quantitative estimate of drug-likeness (QED) is 0.900. The van der Waals surface area contributed by atoms with E-state index in [9.17, 15) is 4.79 Å². The van der Waals surface area contributed by atoms with Crippen molar-refractivity contribution in [3.05, 3.63) is 18.5 Å². The van der Waals surface area contributed by atoms with Gasteiger partial charge in [0.05, 0.1) is 19.7 Å². The summed E-state index contributed by atoms with van der Waals surface area (Å²) < 4.78 is 10.6. The zero-order chi connectivity index (χ0) is 16.4. The fourth-order valence-electron chi connectivity index (χ4n) is 2.73. The van der Waals surface area contributed by atoms with E-state index in [1.165, 1.54) is 11.2 Å². The first kappa shape index (κ1) is 17.9. The van der Waals surface area contributed by atoms with Crippen molar-refractivity contribution in [2.24, 2.45) is 0 Å². The maximum absolute atomic E-state index is 11.0. The summed E-state index contributed by atoms with van der Waals surface area (Å²) >= 11 is 0. The van der Waals surface area contributed by atoms with Crippen LogP contribution in [-0.2, 0) is 0 Å². The molecule has 0 bridgehead atoms. The van der Waals surface area contributed by atoms with E-state index in [2.05, 4.69) is 14.9 Å². The van der Waals surface area contributed by atoms with E-state index >= 15 is 0 Å². The minimum atomic E-state index is -0.886. The van der Waals surface area contributed by atoms with Gasteiger partial charge in [-0.1, -0.05) is 0 Å². The standard InChI is InChI=1S/C15H18N4O4.ClH/c1-22-12-7-10-11(8-13(12)23-2)16-9-17-14(10)18-3-5-19(6-4-18)15(20)21;/h7-9H,3-6H2,1-2H3,(H,20,21);1H. The fraction of sp³-hybridized carbons (Fsp3) is 0.400. The van der Waals surface area contributed by atoms with E-state index in [0.29, 0.717) is 37.7 Å². The second kappa shape index (κ2) is 7.39. The van der Waals surface area contributed by atoms with Gasteiger partial charge >= 0.3 is 6.09 Å². The lowest BCUT2D eigenvalue weighted by Crippen LogP contribution is -2.48. The first-order valence-corrected chi connectivity index (χ1v) is 7.23. The number of ether oxygens (including phenoxy) is 2. The number of benzene rings is 1. The predicted molar refractivity (Wildman–Crippen MR) is 91.7 cm³/mol. The summed E-state index contributed by atoms with van der Waals surface area (Å²) in [5, 5.41) is 9.90. The summed E-state index contributed by atoms with van der Waals surface area (Å²) in [6, 6.07) is 3.67. The Morgan fingerprint density at radius 1 is 1.08 bits per heavy atom. The SMILES string of the molecule is COc1cc2ncnc(N3CCN(C(=O)O)CC3)c2cc1OC.Cl. The highest BCUT2D eigenvalue weighted by molar-refractivity contribution is 5.92. The normalized spacial score (nSPS) is 14.2. The number of halogens is 1. The lowest BCUT2D eigenvalue weighted by atomic mass is 10.2. The van der Waals surface area contributed by atoms with Crippen molar-refractivity contribution < 1.29 is 19.4 Å². The average Bonchev–Trinajstić information content (AvgIpc) is 2.60. The van der Waals surface area contributed by atoms with Gasteiger partial charge in [0.25, 0.3) is 0 Å². The topological polar surface area (TPSA) is 88.0 Å². The molecule has 1 N–H and O–H groups in total. The number of methoxy groups -OCH3 is 2. The Morgan fingerprint density at radius 3 is 2.29 bits per heavy atom. The van der Waals surface area contributed by atoms with Gasteiger partial charge in [-0.25, -0.2) is 14.8 Å². The van der Waals surface area contributed by atoms with Gasteiger partial charge in [0.15, 0.2) is 11.5 Å². The number of amides is 1. The van der Waals surface area contributed by atoms with Crippen LogP contribution < -0.4 is 14.4 Å². The molecule has 0 atom stereocenters. The molecule has 1 aliphatic heterocycles. The molecule has 1 aliphatic rings. The lowest BCUT2D eigenvalue weighted by Gasteiger charge is -2.34. The third-order valence-corrected chi connectivity index (χ3v) is 3.97. The molecule has 3 rings (SSSR count). The Kier molecular flexibility index (Phi) is 5.50. The van der Waals surface area contributed by atoms with Gasteiger partial charge in [-0.15, -0.1) is 12.4 Å². The number of piperazine rings is 1. The third kappa shape index (κ3) is 3.23. The molecule has 2 aromatic rings. The van der Waals surface area contributed by atoms with Gasteiger partial charge in [-0.05, 0) is 6.07 Å². The fourth-order valence-corrected chi connectivity index (χ4v) is 2.73. The van der Waals surface area contributed by atoms with Crippen molar-refractivity contribution in [2.45, 2.75) is 0 Å². The number of fused-ring (bicyclic) bond motifs is 1. The molecule has 1 aromatic carbocycles. The summed E-state index contributed by atoms with van der Waals surface area (Å²) in [7, 11) is 3.16. The van der Waals surface area contributed by atoms with Crippen LogP contribution in [0.5, 0.6) is 11.5 Å². The number of rotatable bonds is 3. The number of hydrogen-bond acceptors (Lipinski definition) is 6. The van der Waals surface area contributed by atoms with Gasteiger partial charge in [-0.2, -0.15) is 0 Å². The van der Waals surface area contributed by atoms with E-state index in [1.54, 1.807) is 14.2 Å². The number of hydrogen-bond donors (Lipinski definition) is 1. The summed E-state index contributed by atoms with van der Waals surface area (Å²) in [4.78, 5) is 23.2. The third-order valence-electron chi connectivity index (χ3n) is 3.97. The second-order valence-electron chi connectivity index (χ2n) is 5.18. The molecule has 1 amide bonds. The van der Waals surface area contributed by atoms with Crippen LogP contribution >= 0.6 is 12.4 Å². The summed E-state index contributed by atoms with van der Waals surface area (Å²) in [5.41, 5.74) is 0.758. The molecular weight excluding hydrogens is 336 g/mol. The molecular formula is C15H19ClN4O4. The number of nitrogens with zero attached hydrogens (tertiary/aromatic N) is 4. The van der Waals surface area contributed by atoms with Crippen molar-refractivity contribution in [1.29, 1.82) is 0 Å². The molecule has 0 spiro atoms. The Labute approximate surface area is 145 Å². The van der Waals surface area contributed by atoms with Crippen LogP contribution in [0.4, 0.5) is 10.6 Å². The van der Waals surface area contributed by atoms with Crippen molar-refractivity contribution in [3.8, 4) is 11.5 Å². The predicted octanol–water partition coefficient (Wildman–Crippen LogP) is 1.87. The van der Waals surface area contributed by atoms with E-state index in [-0.39, 0.29) is 12.4 Å². The number of aromatic nitrogens is 2. The zero-order valence-electron chi connectivity index (χ0n) is 13.4. The second-order valence-corrected chi connectivity index (χ2v) is 5.18. The van der Waals surface area contributed by atoms with Gasteiger partial charge < -0.3 is 24.4 Å². The van der Waals surface area contributed by atoms with E-state index in [4.69, 9.17) is 14.6 Å². The molecule has 8 nitrogen and oxygen atoms in total. The Hall–Kier alpha value is -2.48. The molecule has 1 saturated heterocycles. The molecule has 130 valence electrons. The molecule has 0 aliphatic carbocycles. The van der Waals surface area contributed by atoms with Crippen LogP contribution in [0, 0.1) is 0 Å². The van der Waals surface area contributed by atoms with Gasteiger partial charge in [0.1, 0.15) is 12.1 Å². The number of carbonyl (C=O) groups is 1. The summed E-state index contributed by atoms with van der Waals surface area (Å²) in [5.74, 6) is 2.00. The number of anilines is 1. The monoisotopic (exact) mass is 354 g/mol. The highest BCUT2D eigenvalue weighted by Crippen LogP contribution is 2.34. The van der Waals surface area contributed by atoms with Crippen LogP contribution in [-0.4, -0.2) is 66.5 Å². The van der Waals surface area contributed by atoms with Crippen LogP contribution in [0.1, 0.15) is 0 Å². The zero-order valence-corrected chi connectivity index (χ0v) is 14.2. The molecule has 9 heteroatoms. The van der Waals surface area contributed by atoms with Crippen LogP contribution in [0.3, 0.4) is 0 Å². The average molecular weight is 355 g/mol. The molecule has 0 radical (unpaired) electrons. The Morgan fingerprint density at radius 2 is 1.71 bits per heavy atom. The smallest absolute Gasteiger partial charge is 0.407 e. The molecule has 24 heavy (non-hydrogen) atoms. The minimum absolute atomic E-state index is 0. The van der Waals surface area contributed by atoms with Gasteiger partial charge in [0, 0.05) is 37.6 Å². The maximum atomic E-state index is 11.0. The van der Waals surface area contributed by atoms with E-state index in [0.717, 1.165) is 16.7 Å². The van der Waals surface area contributed by atoms with Gasteiger partial charge in [-0.3, -0.25) is 0 Å². The highest BCUT2D eigenvalue weighted by atomic mass is 35.5. The van der Waals surface area contributed by atoms with Crippen LogP contribution in [0.15, 0.2) is 18.5 Å². The summed E-state index contributed by atoms with van der Waals surface area (Å²) in [6.45, 7) is 2.09. The molecule has 0 unspecified atom stereocenters. The molecule has 0 saturated carbocycles. The van der Waals surface area contributed by atoms with Crippen LogP contribution in [0.25, 0.3) is 10.9 Å². The molecule has 2 heterocycles. The minimum Gasteiger partial charge on any atom is -0.493 e. The highest BCUT2D eigenvalue weighted by Gasteiger charge is 2.23. The van der Waals surface area contributed by atoms with E-state index in [1.807, 2.05) is 12.1 Å². The largest absolute Gasteiger partial charge is 0.493 e. The molecule has 1 aromatic heterocycles. The first-order chi connectivity index (χ1) is 11.1. The maximum Gasteiger partial charge on any atom is 0.407 e. The first-order valence-electron chi connectivity index (χ1n) is 7.23. The summed E-state index contributed by atoms with van der Waals surface area (Å²) in [6.07, 6.45) is 0.622. The van der Waals surface area contributed by atoms with Crippen molar-refractivity contribution in [3.63, 3.8) is 0 Å². The molecule has 1 fully saturated rings. The van der Waals surface area contributed by atoms with Crippen molar-refractivity contribution in [2.75, 3.05) is 45.3 Å². The van der Waals surface area contributed by atoms with Crippen molar-refractivity contribution in [1.82, 2.24) is 14.9 Å². The van der Waals surface area contributed by atoms with Crippen molar-refractivity contribution >= 4 is 35.2 Å². The van der Waals surface area contributed by atoms with Gasteiger partial charge in [0.2, 0.25) is 0 Å². The van der Waals surface area contributed by atoms with Crippen LogP contribution in [0.2, 0.25) is 0 Å². The Balaban J connectivity index is 0.00000208. The lowest BCUT2D eigenvalue weighted by molar-refractivity contribution is 0.142.